The van der Waals surface area contributed by atoms with E-state index >= 15 is 0 Å². The summed E-state index contributed by atoms with van der Waals surface area (Å²) in [6, 6.07) is 6.65. The number of benzene rings is 1. The monoisotopic (exact) mass is 390 g/mol. The molecule has 0 saturated heterocycles. The molecule has 0 radical (unpaired) electrons. The highest BCUT2D eigenvalue weighted by molar-refractivity contribution is 7.89. The van der Waals surface area contributed by atoms with Gasteiger partial charge in [0.1, 0.15) is 5.82 Å². The molecule has 8 nitrogen and oxygen atoms in total. The maximum Gasteiger partial charge on any atom is 0.304 e. The van der Waals surface area contributed by atoms with Gasteiger partial charge in [0.15, 0.2) is 0 Å². The molecule has 2 heterocycles. The molecule has 27 heavy (non-hydrogen) atoms. The maximum absolute atomic E-state index is 12.5. The average Bonchev–Trinajstić information content (AvgIpc) is 2.95. The predicted molar refractivity (Wildman–Crippen MR) is 100 cm³/mol. The summed E-state index contributed by atoms with van der Waals surface area (Å²) in [5.74, 6) is -0.130. The molecule has 0 amide bonds. The molecule has 0 unspecified atom stereocenters. The van der Waals surface area contributed by atoms with Crippen LogP contribution in [0, 0.1) is 6.92 Å². The van der Waals surface area contributed by atoms with E-state index in [9.17, 15) is 13.2 Å². The first-order chi connectivity index (χ1) is 12.8. The van der Waals surface area contributed by atoms with Crippen molar-refractivity contribution in [1.82, 2.24) is 19.2 Å². The van der Waals surface area contributed by atoms with Gasteiger partial charge in [0.2, 0.25) is 10.0 Å². The smallest absolute Gasteiger partial charge is 0.304 e. The first-order valence-electron chi connectivity index (χ1n) is 8.52. The second kappa shape index (κ2) is 7.53. The van der Waals surface area contributed by atoms with E-state index in [4.69, 9.17) is 5.11 Å². The van der Waals surface area contributed by atoms with E-state index in [-0.39, 0.29) is 17.9 Å². The lowest BCUT2D eigenvalue weighted by molar-refractivity contribution is -0.137. The van der Waals surface area contributed by atoms with Crippen LogP contribution >= 0.6 is 0 Å². The van der Waals surface area contributed by atoms with Crippen LogP contribution in [0.5, 0.6) is 0 Å². The minimum Gasteiger partial charge on any atom is -0.481 e. The molecule has 2 N–H and O–H groups in total. The number of carbonyl (C=O) groups is 1. The summed E-state index contributed by atoms with van der Waals surface area (Å²) in [4.78, 5) is 15.4. The second-order valence-corrected chi connectivity index (χ2v) is 8.45. The fourth-order valence-electron chi connectivity index (χ4n) is 2.95. The highest BCUT2D eigenvalue weighted by Gasteiger charge is 2.21. The molecule has 144 valence electrons. The summed E-state index contributed by atoms with van der Waals surface area (Å²) in [7, 11) is -2.32. The predicted octanol–water partition coefficient (Wildman–Crippen LogP) is 1.41. The number of hydrogen-bond donors (Lipinski definition) is 2. The number of fused-ring (bicyclic) bond motifs is 1. The van der Waals surface area contributed by atoms with Gasteiger partial charge in [-0.3, -0.25) is 4.79 Å². The standard InChI is InChI=1S/C18H22N4O4S/c1-13-20-16-11-19-9-7-17(16)22(13)12-14-3-5-15(6-4-14)27(25,26)21(2)10-8-18(23)24/h3-7,9,19H,8,10-12H2,1-2H3,(H,23,24). The number of hydrogen-bond acceptors (Lipinski definition) is 5. The molecule has 1 aliphatic rings. The van der Waals surface area contributed by atoms with Crippen LogP contribution in [0.4, 0.5) is 0 Å². The Labute approximate surface area is 158 Å². The lowest BCUT2D eigenvalue weighted by Gasteiger charge is -2.17. The van der Waals surface area contributed by atoms with Crippen molar-refractivity contribution in [2.75, 3.05) is 13.6 Å². The van der Waals surface area contributed by atoms with Crippen LogP contribution in [0.2, 0.25) is 0 Å². The van der Waals surface area contributed by atoms with E-state index in [1.165, 1.54) is 7.05 Å². The number of sulfonamides is 1. The number of aliphatic carboxylic acids is 1. The molecule has 0 aliphatic carbocycles. The van der Waals surface area contributed by atoms with Crippen molar-refractivity contribution in [2.45, 2.75) is 31.3 Å². The van der Waals surface area contributed by atoms with Crippen LogP contribution in [0.1, 0.15) is 29.2 Å². The largest absolute Gasteiger partial charge is 0.481 e. The minimum absolute atomic E-state index is 0.0693. The highest BCUT2D eigenvalue weighted by Crippen LogP contribution is 2.20. The Bertz CT molecular complexity index is 978. The van der Waals surface area contributed by atoms with E-state index in [0.717, 1.165) is 27.1 Å². The minimum atomic E-state index is -3.70. The third-order valence-corrected chi connectivity index (χ3v) is 6.39. The first-order valence-corrected chi connectivity index (χ1v) is 9.96. The molecule has 2 aromatic rings. The van der Waals surface area contributed by atoms with Crippen LogP contribution in [-0.2, 0) is 27.9 Å². The molecule has 0 saturated carbocycles. The third kappa shape index (κ3) is 4.04. The summed E-state index contributed by atoms with van der Waals surface area (Å²) < 4.78 is 28.2. The lowest BCUT2D eigenvalue weighted by Crippen LogP contribution is -2.29. The van der Waals surface area contributed by atoms with Crippen LogP contribution in [0.3, 0.4) is 0 Å². The van der Waals surface area contributed by atoms with Gasteiger partial charge < -0.3 is 15.0 Å². The highest BCUT2D eigenvalue weighted by atomic mass is 32.2. The summed E-state index contributed by atoms with van der Waals surface area (Å²) >= 11 is 0. The van der Waals surface area contributed by atoms with Crippen molar-refractivity contribution in [3.05, 3.63) is 53.2 Å². The molecule has 0 bridgehead atoms. The first kappa shape index (κ1) is 19.1. The van der Waals surface area contributed by atoms with Gasteiger partial charge >= 0.3 is 5.97 Å². The maximum atomic E-state index is 12.5. The van der Waals surface area contributed by atoms with Crippen molar-refractivity contribution < 1.29 is 18.3 Å². The van der Waals surface area contributed by atoms with E-state index in [0.29, 0.717) is 13.1 Å². The van der Waals surface area contributed by atoms with Gasteiger partial charge in [-0.1, -0.05) is 12.1 Å². The van der Waals surface area contributed by atoms with Gasteiger partial charge in [-0.25, -0.2) is 17.7 Å². The van der Waals surface area contributed by atoms with Gasteiger partial charge in [0.25, 0.3) is 0 Å². The van der Waals surface area contributed by atoms with Crippen molar-refractivity contribution in [2.24, 2.45) is 0 Å². The van der Waals surface area contributed by atoms with Gasteiger partial charge in [0.05, 0.1) is 29.2 Å². The summed E-state index contributed by atoms with van der Waals surface area (Å²) in [5.41, 5.74) is 3.00. The van der Waals surface area contributed by atoms with Gasteiger partial charge in [-0.05, 0) is 36.9 Å². The second-order valence-electron chi connectivity index (χ2n) is 6.41. The zero-order chi connectivity index (χ0) is 19.6. The number of rotatable bonds is 7. The molecule has 3 rings (SSSR count). The van der Waals surface area contributed by atoms with Gasteiger partial charge in [-0.2, -0.15) is 0 Å². The normalized spacial score (nSPS) is 13.4. The Morgan fingerprint density at radius 2 is 2.04 bits per heavy atom. The Kier molecular flexibility index (Phi) is 5.33. The number of nitrogens with one attached hydrogen (secondary N) is 1. The summed E-state index contributed by atoms with van der Waals surface area (Å²) in [5, 5.41) is 11.9. The summed E-state index contributed by atoms with van der Waals surface area (Å²) in [6.07, 6.45) is 3.64. The van der Waals surface area contributed by atoms with E-state index in [1.807, 2.05) is 19.2 Å². The number of nitrogens with zero attached hydrogens (tertiary/aromatic N) is 3. The number of imidazole rings is 1. The molecule has 1 aliphatic heterocycles. The lowest BCUT2D eigenvalue weighted by atomic mass is 10.2. The van der Waals surface area contributed by atoms with Gasteiger partial charge in [0, 0.05) is 20.1 Å². The quantitative estimate of drug-likeness (QED) is 0.741. The summed E-state index contributed by atoms with van der Waals surface area (Å²) in [6.45, 7) is 3.16. The molecule has 9 heteroatoms. The van der Waals surface area contributed by atoms with Gasteiger partial charge in [-0.15, -0.1) is 0 Å². The number of aryl methyl sites for hydroxylation is 1. The number of carboxylic acids is 1. The molecular formula is C18H22N4O4S. The fourth-order valence-corrected chi connectivity index (χ4v) is 4.13. The molecular weight excluding hydrogens is 368 g/mol. The van der Waals surface area contributed by atoms with E-state index < -0.39 is 16.0 Å². The molecule has 0 atom stereocenters. The Morgan fingerprint density at radius 1 is 1.33 bits per heavy atom. The van der Waals surface area contributed by atoms with Crippen LogP contribution in [0.25, 0.3) is 6.08 Å². The Hall–Kier alpha value is -2.65. The average molecular weight is 390 g/mol. The van der Waals surface area contributed by atoms with Crippen LogP contribution < -0.4 is 5.32 Å². The Balaban J connectivity index is 1.77. The van der Waals surface area contributed by atoms with Crippen LogP contribution in [0.15, 0.2) is 35.4 Å². The number of carboxylic acid groups (broad SMARTS) is 1. The zero-order valence-corrected chi connectivity index (χ0v) is 16.0. The van der Waals surface area contributed by atoms with Crippen molar-refractivity contribution in [1.29, 1.82) is 0 Å². The van der Waals surface area contributed by atoms with Crippen LogP contribution in [-0.4, -0.2) is 46.9 Å². The number of aromatic nitrogens is 2. The van der Waals surface area contributed by atoms with Crippen molar-refractivity contribution in [3.63, 3.8) is 0 Å². The SMILES string of the molecule is Cc1nc2c(n1Cc1ccc(S(=O)(=O)N(C)CCC(=O)O)cc1)C=CNC2. The Morgan fingerprint density at radius 3 is 2.70 bits per heavy atom. The van der Waals surface area contributed by atoms with E-state index in [2.05, 4.69) is 14.9 Å². The fraction of sp³-hybridized carbons (Fsp3) is 0.333. The van der Waals surface area contributed by atoms with Crippen molar-refractivity contribution in [3.8, 4) is 0 Å². The zero-order valence-electron chi connectivity index (χ0n) is 15.2. The third-order valence-electron chi connectivity index (χ3n) is 4.52. The molecule has 1 aromatic heterocycles. The van der Waals surface area contributed by atoms with Crippen molar-refractivity contribution >= 4 is 22.1 Å². The molecule has 0 fully saturated rings. The van der Waals surface area contributed by atoms with E-state index in [1.54, 1.807) is 24.3 Å². The molecule has 1 aromatic carbocycles. The topological polar surface area (TPSA) is 105 Å². The molecule has 0 spiro atoms.